The molecule has 1 aromatic carbocycles. The summed E-state index contributed by atoms with van der Waals surface area (Å²) in [6.45, 7) is 6.09. The highest BCUT2D eigenvalue weighted by Gasteiger charge is 2.46. The maximum Gasteiger partial charge on any atom is 0.327 e. The summed E-state index contributed by atoms with van der Waals surface area (Å²) in [5.74, 6) is 0.0831. The molecule has 0 saturated carbocycles. The van der Waals surface area contributed by atoms with Gasteiger partial charge in [0.15, 0.2) is 0 Å². The molecule has 1 aromatic rings. The van der Waals surface area contributed by atoms with Gasteiger partial charge in [0.05, 0.1) is 18.9 Å². The van der Waals surface area contributed by atoms with Crippen LogP contribution in [0.25, 0.3) is 0 Å². The Kier molecular flexibility index (Phi) is 5.24. The van der Waals surface area contributed by atoms with Gasteiger partial charge in [0, 0.05) is 5.75 Å². The van der Waals surface area contributed by atoms with Crippen molar-refractivity contribution in [2.45, 2.75) is 38.6 Å². The first-order valence-corrected chi connectivity index (χ1v) is 8.57. The lowest BCUT2D eigenvalue weighted by Crippen LogP contribution is -2.50. The Hall–Kier alpha value is -1.69. The minimum atomic E-state index is -0.938. The van der Waals surface area contributed by atoms with Gasteiger partial charge in [-0.05, 0) is 23.1 Å². The van der Waals surface area contributed by atoms with Gasteiger partial charge in [-0.15, -0.1) is 11.8 Å². The molecule has 1 N–H and O–H groups in total. The number of hydrogen-bond acceptors (Lipinski definition) is 4. The SMILES string of the molecule is COc1ccc(CC(=O)N2C(C(=O)O)CSC2C(C)(C)C)cc1. The zero-order chi connectivity index (χ0) is 17.2. The predicted molar refractivity (Wildman–Crippen MR) is 90.7 cm³/mol. The minimum Gasteiger partial charge on any atom is -0.497 e. The fourth-order valence-corrected chi connectivity index (χ4v) is 4.27. The third kappa shape index (κ3) is 3.99. The van der Waals surface area contributed by atoms with E-state index in [1.165, 1.54) is 0 Å². The predicted octanol–water partition coefficient (Wildman–Crippen LogP) is 2.64. The quantitative estimate of drug-likeness (QED) is 0.915. The Labute approximate surface area is 141 Å². The number of hydrogen-bond donors (Lipinski definition) is 1. The second kappa shape index (κ2) is 6.83. The second-order valence-electron chi connectivity index (χ2n) is 6.73. The lowest BCUT2D eigenvalue weighted by Gasteiger charge is -2.35. The third-order valence-electron chi connectivity index (χ3n) is 3.83. The largest absolute Gasteiger partial charge is 0.497 e. The van der Waals surface area contributed by atoms with Crippen LogP contribution in [-0.2, 0) is 16.0 Å². The Morgan fingerprint density at radius 3 is 2.39 bits per heavy atom. The van der Waals surface area contributed by atoms with Crippen LogP contribution in [0.3, 0.4) is 0 Å². The molecule has 23 heavy (non-hydrogen) atoms. The third-order valence-corrected chi connectivity index (χ3v) is 5.59. The fourth-order valence-electron chi connectivity index (χ4n) is 2.68. The Balaban J connectivity index is 2.19. The van der Waals surface area contributed by atoms with Crippen molar-refractivity contribution in [1.29, 1.82) is 0 Å². The van der Waals surface area contributed by atoms with Crippen LogP contribution in [0.15, 0.2) is 24.3 Å². The highest BCUT2D eigenvalue weighted by molar-refractivity contribution is 8.00. The lowest BCUT2D eigenvalue weighted by atomic mass is 9.94. The van der Waals surface area contributed by atoms with Gasteiger partial charge >= 0.3 is 5.97 Å². The molecule has 2 atom stereocenters. The molecule has 1 heterocycles. The number of amides is 1. The average molecular weight is 337 g/mol. The highest BCUT2D eigenvalue weighted by Crippen LogP contribution is 2.40. The monoisotopic (exact) mass is 337 g/mol. The molecular formula is C17H23NO4S. The number of nitrogens with zero attached hydrogens (tertiary/aromatic N) is 1. The van der Waals surface area contributed by atoms with Crippen molar-refractivity contribution in [1.82, 2.24) is 4.90 Å². The molecule has 1 saturated heterocycles. The minimum absolute atomic E-state index is 0.130. The first-order chi connectivity index (χ1) is 10.7. The van der Waals surface area contributed by atoms with Gasteiger partial charge in [-0.25, -0.2) is 4.79 Å². The molecule has 0 radical (unpaired) electrons. The number of carboxylic acids is 1. The summed E-state index contributed by atoms with van der Waals surface area (Å²) in [6.07, 6.45) is 0.195. The topological polar surface area (TPSA) is 66.8 Å². The van der Waals surface area contributed by atoms with Gasteiger partial charge in [0.25, 0.3) is 0 Å². The molecule has 0 aromatic heterocycles. The van der Waals surface area contributed by atoms with Gasteiger partial charge < -0.3 is 14.7 Å². The van der Waals surface area contributed by atoms with E-state index in [-0.39, 0.29) is 23.1 Å². The highest BCUT2D eigenvalue weighted by atomic mass is 32.2. The molecule has 1 fully saturated rings. The van der Waals surface area contributed by atoms with Crippen molar-refractivity contribution in [3.8, 4) is 5.75 Å². The number of rotatable bonds is 4. The summed E-state index contributed by atoms with van der Waals surface area (Å²) in [5.41, 5.74) is 0.675. The normalized spacial score (nSPS) is 21.3. The van der Waals surface area contributed by atoms with E-state index >= 15 is 0 Å². The average Bonchev–Trinajstić information content (AvgIpc) is 2.93. The number of benzene rings is 1. The van der Waals surface area contributed by atoms with Crippen molar-refractivity contribution in [2.24, 2.45) is 5.41 Å². The number of ether oxygens (including phenoxy) is 1. The molecule has 2 unspecified atom stereocenters. The van der Waals surface area contributed by atoms with E-state index in [2.05, 4.69) is 0 Å². The molecule has 6 heteroatoms. The number of methoxy groups -OCH3 is 1. The Morgan fingerprint density at radius 2 is 1.91 bits per heavy atom. The first-order valence-electron chi connectivity index (χ1n) is 7.52. The lowest BCUT2D eigenvalue weighted by molar-refractivity contribution is -0.150. The Bertz CT molecular complexity index is 579. The molecule has 1 aliphatic rings. The smallest absolute Gasteiger partial charge is 0.327 e. The molecule has 0 bridgehead atoms. The molecule has 1 aliphatic heterocycles. The summed E-state index contributed by atoms with van der Waals surface area (Å²) in [6, 6.07) is 6.52. The van der Waals surface area contributed by atoms with Crippen molar-refractivity contribution >= 4 is 23.6 Å². The summed E-state index contributed by atoms with van der Waals surface area (Å²) < 4.78 is 5.11. The van der Waals surface area contributed by atoms with Crippen LogP contribution in [0.2, 0.25) is 0 Å². The van der Waals surface area contributed by atoms with Gasteiger partial charge in [-0.3, -0.25) is 4.79 Å². The van der Waals surface area contributed by atoms with E-state index in [0.717, 1.165) is 11.3 Å². The van der Waals surface area contributed by atoms with E-state index in [9.17, 15) is 14.7 Å². The zero-order valence-corrected chi connectivity index (χ0v) is 14.7. The molecular weight excluding hydrogens is 314 g/mol. The van der Waals surface area contributed by atoms with E-state index in [0.29, 0.717) is 5.75 Å². The van der Waals surface area contributed by atoms with Crippen LogP contribution >= 0.6 is 11.8 Å². The summed E-state index contributed by atoms with van der Waals surface area (Å²) in [7, 11) is 1.59. The van der Waals surface area contributed by atoms with Gasteiger partial charge in [0.2, 0.25) is 5.91 Å². The van der Waals surface area contributed by atoms with Crippen LogP contribution in [0.4, 0.5) is 0 Å². The number of carbonyl (C=O) groups excluding carboxylic acids is 1. The van der Waals surface area contributed by atoms with Crippen molar-refractivity contribution in [3.63, 3.8) is 0 Å². The Morgan fingerprint density at radius 1 is 1.30 bits per heavy atom. The van der Waals surface area contributed by atoms with Gasteiger partial charge in [-0.2, -0.15) is 0 Å². The van der Waals surface area contributed by atoms with Gasteiger partial charge in [-0.1, -0.05) is 32.9 Å². The van der Waals surface area contributed by atoms with Crippen LogP contribution in [0.5, 0.6) is 5.75 Å². The maximum atomic E-state index is 12.8. The van der Waals surface area contributed by atoms with Crippen LogP contribution in [-0.4, -0.2) is 46.2 Å². The number of carboxylic acid groups (broad SMARTS) is 1. The van der Waals surface area contributed by atoms with E-state index < -0.39 is 12.0 Å². The molecule has 1 amide bonds. The molecule has 0 aliphatic carbocycles. The van der Waals surface area contributed by atoms with E-state index in [1.807, 2.05) is 32.9 Å². The van der Waals surface area contributed by atoms with Crippen LogP contribution < -0.4 is 4.74 Å². The second-order valence-corrected chi connectivity index (χ2v) is 7.84. The maximum absolute atomic E-state index is 12.8. The summed E-state index contributed by atoms with van der Waals surface area (Å²) in [5, 5.41) is 9.30. The van der Waals surface area contributed by atoms with E-state index in [1.54, 1.807) is 35.9 Å². The molecule has 126 valence electrons. The fraction of sp³-hybridized carbons (Fsp3) is 0.529. The van der Waals surface area contributed by atoms with Gasteiger partial charge in [0.1, 0.15) is 11.8 Å². The molecule has 2 rings (SSSR count). The van der Waals surface area contributed by atoms with E-state index in [4.69, 9.17) is 4.74 Å². The standard InChI is InChI=1S/C17H23NO4S/c1-17(2,3)16-18(13(10-23-16)15(20)21)14(19)9-11-5-7-12(22-4)8-6-11/h5-8,13,16H,9-10H2,1-4H3,(H,20,21). The number of aliphatic carboxylic acids is 1. The zero-order valence-electron chi connectivity index (χ0n) is 13.9. The first kappa shape index (κ1) is 17.7. The van der Waals surface area contributed by atoms with Crippen LogP contribution in [0.1, 0.15) is 26.3 Å². The molecule has 5 nitrogen and oxygen atoms in total. The molecule has 0 spiro atoms. The van der Waals surface area contributed by atoms with Crippen molar-refractivity contribution < 1.29 is 19.4 Å². The van der Waals surface area contributed by atoms with Crippen LogP contribution in [0, 0.1) is 5.41 Å². The number of thioether (sulfide) groups is 1. The van der Waals surface area contributed by atoms with Crippen molar-refractivity contribution in [2.75, 3.05) is 12.9 Å². The van der Waals surface area contributed by atoms with Crippen molar-refractivity contribution in [3.05, 3.63) is 29.8 Å². The number of carbonyl (C=O) groups is 2. The summed E-state index contributed by atoms with van der Waals surface area (Å²) >= 11 is 1.54. The summed E-state index contributed by atoms with van der Waals surface area (Å²) in [4.78, 5) is 25.8.